The molecule has 11 heteroatoms. The molecule has 9 nitrogen and oxygen atoms in total. The average Bonchev–Trinajstić information content (AvgIpc) is 4.03. The number of hydrogen-bond donors (Lipinski definition) is 5. The normalized spacial score (nSPS) is 46.3. The van der Waals surface area contributed by atoms with E-state index in [1.807, 2.05) is 6.07 Å². The number of aromatic hydroxyl groups is 2. The third-order valence-electron chi connectivity index (χ3n) is 17.2. The number of ether oxygens (including phenoxy) is 2. The van der Waals surface area contributed by atoms with Crippen LogP contribution >= 0.6 is 0 Å². The van der Waals surface area contributed by atoms with Crippen molar-refractivity contribution in [1.82, 2.24) is 0 Å². The third-order valence-corrected chi connectivity index (χ3v) is 17.2. The summed E-state index contributed by atoms with van der Waals surface area (Å²) < 4.78 is 14.6. The molecule has 4 saturated carbocycles. The number of aliphatic hydroxyl groups is 3. The lowest BCUT2D eigenvalue weighted by molar-refractivity contribution is -0.950. The lowest BCUT2D eigenvalue weighted by Gasteiger charge is -2.65. The zero-order valence-corrected chi connectivity index (χ0v) is 35.1. The van der Waals surface area contributed by atoms with Crippen molar-refractivity contribution >= 4 is 0 Å². The van der Waals surface area contributed by atoms with E-state index in [0.29, 0.717) is 30.3 Å². The first kappa shape index (κ1) is 37.9. The highest BCUT2D eigenvalue weighted by molar-refractivity contribution is 5.63. The Morgan fingerprint density at radius 2 is 1.09 bits per heavy atom. The van der Waals surface area contributed by atoms with E-state index >= 15 is 0 Å². The number of rotatable bonds is 4. The minimum atomic E-state index is -0.870. The summed E-state index contributed by atoms with van der Waals surface area (Å²) in [4.78, 5) is 0. The second-order valence-corrected chi connectivity index (χ2v) is 20.0. The van der Waals surface area contributed by atoms with Gasteiger partial charge in [0.05, 0.1) is 57.2 Å². The van der Waals surface area contributed by atoms with Crippen molar-refractivity contribution in [2.45, 2.75) is 136 Å². The van der Waals surface area contributed by atoms with Gasteiger partial charge in [0.15, 0.2) is 23.0 Å². The number of hydrogen-bond acceptors (Lipinski definition) is 7. The first-order valence-corrected chi connectivity index (χ1v) is 20.6. The number of halogens is 2. The molecular formula is C43H58Br2N2O7. The van der Waals surface area contributed by atoms with Crippen molar-refractivity contribution < 1.29 is 77.9 Å². The van der Waals surface area contributed by atoms with Crippen LogP contribution in [-0.2, 0) is 23.7 Å². The molecule has 6 fully saturated rings. The summed E-state index contributed by atoms with van der Waals surface area (Å²) >= 11 is 0. The van der Waals surface area contributed by atoms with Gasteiger partial charge in [-0.1, -0.05) is 19.1 Å². The molecule has 54 heavy (non-hydrogen) atoms. The van der Waals surface area contributed by atoms with E-state index in [-0.39, 0.29) is 69.1 Å². The van der Waals surface area contributed by atoms with Gasteiger partial charge in [0.2, 0.25) is 0 Å². The Bertz CT molecular complexity index is 1760. The molecule has 2 spiro atoms. The predicted octanol–water partition coefficient (Wildman–Crippen LogP) is -1.79. The number of benzene rings is 2. The summed E-state index contributed by atoms with van der Waals surface area (Å²) in [6, 6.07) is 8.03. The summed E-state index contributed by atoms with van der Waals surface area (Å²) in [7, 11) is 4.72. The van der Waals surface area contributed by atoms with Gasteiger partial charge in [-0.2, -0.15) is 0 Å². The Hall–Kier alpha value is -1.60. The number of likely N-dealkylation sites (N-methyl/N-ethyl adjacent to an activating group) is 2. The van der Waals surface area contributed by atoms with Gasteiger partial charge >= 0.3 is 0 Å². The quantitative estimate of drug-likeness (QED) is 0.231. The highest BCUT2D eigenvalue weighted by Gasteiger charge is 2.77. The second kappa shape index (κ2) is 12.0. The van der Waals surface area contributed by atoms with Crippen LogP contribution in [0.5, 0.6) is 23.0 Å². The number of aliphatic hydroxyl groups excluding tert-OH is 1. The molecule has 2 saturated heterocycles. The fourth-order valence-corrected chi connectivity index (χ4v) is 14.5. The molecule has 12 atom stereocenters. The van der Waals surface area contributed by atoms with E-state index in [4.69, 9.17) is 9.47 Å². The number of phenols is 2. The molecule has 2 unspecified atom stereocenters. The molecule has 12 rings (SSSR count). The molecule has 4 aliphatic heterocycles. The van der Waals surface area contributed by atoms with Crippen LogP contribution in [-0.4, -0.2) is 116 Å². The SMILES string of the molecule is C[C@@H]1CC[C@@]2(O)[C@H]3Cc4ccc(O)c5c4[C@@]2(CC[N+]3(C)CC2CC2)[C@H]1O5.C[N+]1(CC2CC2)CC[C@]23c4c5ccc(O)c4O[C@H]2[C@@H](O)CC[C@@]3(O)[C@H]1C5.[Br-].[Br-]. The molecule has 6 aliphatic carbocycles. The largest absolute Gasteiger partial charge is 1.00 e. The first-order chi connectivity index (χ1) is 24.8. The second-order valence-electron chi connectivity index (χ2n) is 20.0. The standard InChI is InChI=1S/C22H29NO3.C21H27NO4.2BrH/c1-13-7-8-22(25)17-11-15-5-6-16(24)19-18(15)21(22,20(13)26-19)9-10-23(17,2)12-14-3-4-14;1-22(11-12-2-3-12)9-8-20-17-13-4-5-14(23)18(17)26-19(20)15(24)6-7-21(20,25)16(22)10-13;;/h5-6,13-14,17,20,25H,3-4,7-12H2,1-2H3;4-5,12,15-16,19,24-25H,2-3,6-11H2,1H3;2*1H/t13-,17-,20+,21+,22-,23?;15-,16+,19-,20-,21+,22?;;/m10../s1. The number of quaternary nitrogens is 2. The Labute approximate surface area is 340 Å². The fraction of sp³-hybridized carbons (Fsp3) is 0.721. The Kier molecular flexibility index (Phi) is 8.42. The lowest BCUT2D eigenvalue weighted by Crippen LogP contribution is -3.00. The lowest BCUT2D eigenvalue weighted by atomic mass is 9.47. The van der Waals surface area contributed by atoms with Crippen molar-refractivity contribution in [3.05, 3.63) is 46.5 Å². The predicted molar refractivity (Wildman–Crippen MR) is 193 cm³/mol. The zero-order valence-electron chi connectivity index (χ0n) is 31.9. The topological polar surface area (TPSA) is 120 Å². The third kappa shape index (κ3) is 4.55. The molecule has 0 radical (unpaired) electrons. The van der Waals surface area contributed by atoms with E-state index in [1.165, 1.54) is 43.4 Å². The average molecular weight is 875 g/mol. The molecule has 0 amide bonds. The molecule has 5 N–H and O–H groups in total. The van der Waals surface area contributed by atoms with Crippen LogP contribution in [0.1, 0.15) is 93.4 Å². The van der Waals surface area contributed by atoms with Gasteiger partial charge in [-0.3, -0.25) is 0 Å². The first-order valence-electron chi connectivity index (χ1n) is 20.6. The van der Waals surface area contributed by atoms with Gasteiger partial charge in [-0.25, -0.2) is 0 Å². The van der Waals surface area contributed by atoms with Gasteiger partial charge in [-0.15, -0.1) is 0 Å². The van der Waals surface area contributed by atoms with Gasteiger partial charge in [0.25, 0.3) is 0 Å². The molecule has 10 aliphatic rings. The number of phenolic OH excluding ortho intramolecular Hbond substituents is 2. The number of piperidine rings is 2. The Balaban J connectivity index is 0.000000137. The number of nitrogens with zero attached hydrogens (tertiary/aromatic N) is 2. The summed E-state index contributed by atoms with van der Waals surface area (Å²) in [6.07, 6.45) is 10.9. The smallest absolute Gasteiger partial charge is 0.165 e. The Morgan fingerprint density at radius 1 is 0.648 bits per heavy atom. The minimum Gasteiger partial charge on any atom is -1.00 e. The molecule has 296 valence electrons. The van der Waals surface area contributed by atoms with Gasteiger partial charge < -0.3 is 77.9 Å². The maximum Gasteiger partial charge on any atom is 0.165 e. The monoisotopic (exact) mass is 872 g/mol. The molecular weight excluding hydrogens is 816 g/mol. The Morgan fingerprint density at radius 3 is 1.57 bits per heavy atom. The zero-order chi connectivity index (χ0) is 35.8. The minimum absolute atomic E-state index is 0. The van der Waals surface area contributed by atoms with Gasteiger partial charge in [0, 0.05) is 48.6 Å². The summed E-state index contributed by atoms with van der Waals surface area (Å²) in [5.41, 5.74) is 2.19. The summed E-state index contributed by atoms with van der Waals surface area (Å²) in [6.45, 7) is 6.75. The van der Waals surface area contributed by atoms with Crippen LogP contribution in [0.15, 0.2) is 24.3 Å². The summed E-state index contributed by atoms with van der Waals surface area (Å²) in [5, 5.41) is 56.2. The van der Waals surface area contributed by atoms with Crippen LogP contribution in [0.25, 0.3) is 0 Å². The molecule has 2 aromatic carbocycles. The van der Waals surface area contributed by atoms with Crippen LogP contribution in [0.4, 0.5) is 0 Å². The highest BCUT2D eigenvalue weighted by Crippen LogP contribution is 2.68. The maximum absolute atomic E-state index is 12.3. The fourth-order valence-electron chi connectivity index (χ4n) is 14.5. The highest BCUT2D eigenvalue weighted by atomic mass is 79.9. The molecule has 4 heterocycles. The van der Waals surface area contributed by atoms with Crippen LogP contribution < -0.4 is 43.4 Å². The molecule has 4 bridgehead atoms. The molecule has 0 aromatic heterocycles. The van der Waals surface area contributed by atoms with Crippen LogP contribution in [0.2, 0.25) is 0 Å². The van der Waals surface area contributed by atoms with Crippen LogP contribution in [0.3, 0.4) is 0 Å². The van der Waals surface area contributed by atoms with Gasteiger partial charge in [-0.05, 0) is 80.5 Å². The van der Waals surface area contributed by atoms with Crippen molar-refractivity contribution in [3.8, 4) is 23.0 Å². The number of likely N-dealkylation sites (tertiary alicyclic amines) is 2. The summed E-state index contributed by atoms with van der Waals surface area (Å²) in [5.74, 6) is 3.66. The van der Waals surface area contributed by atoms with Crippen molar-refractivity contribution in [3.63, 3.8) is 0 Å². The maximum atomic E-state index is 12.3. The van der Waals surface area contributed by atoms with E-state index in [1.54, 1.807) is 12.1 Å². The van der Waals surface area contributed by atoms with Crippen molar-refractivity contribution in [2.24, 2.45) is 17.8 Å². The van der Waals surface area contributed by atoms with Gasteiger partial charge in [0.1, 0.15) is 35.5 Å². The van der Waals surface area contributed by atoms with E-state index in [0.717, 1.165) is 90.1 Å². The van der Waals surface area contributed by atoms with E-state index in [2.05, 4.69) is 27.1 Å². The molecule has 2 aromatic rings. The van der Waals surface area contributed by atoms with Crippen molar-refractivity contribution in [1.29, 1.82) is 0 Å². The van der Waals surface area contributed by atoms with Crippen LogP contribution in [0, 0.1) is 17.8 Å². The van der Waals surface area contributed by atoms with E-state index in [9.17, 15) is 25.5 Å². The van der Waals surface area contributed by atoms with E-state index < -0.39 is 28.8 Å². The van der Waals surface area contributed by atoms with Crippen molar-refractivity contribution in [2.75, 3.05) is 40.3 Å².